The van der Waals surface area contributed by atoms with Gasteiger partial charge >= 0.3 is 5.97 Å². The van der Waals surface area contributed by atoms with Crippen LogP contribution in [0.1, 0.15) is 12.8 Å². The van der Waals surface area contributed by atoms with Gasteiger partial charge in [-0.1, -0.05) is 22.0 Å². The fraction of sp³-hybridized carbons (Fsp3) is 0.462. The van der Waals surface area contributed by atoms with Crippen LogP contribution in [0.5, 0.6) is 0 Å². The minimum absolute atomic E-state index is 0.191. The van der Waals surface area contributed by atoms with Gasteiger partial charge in [-0.3, -0.25) is 0 Å². The molecule has 0 amide bonds. The number of ether oxygens (including phenoxy) is 1. The zero-order valence-electron chi connectivity index (χ0n) is 10.3. The van der Waals surface area contributed by atoms with E-state index in [4.69, 9.17) is 4.74 Å². The summed E-state index contributed by atoms with van der Waals surface area (Å²) in [5, 5.41) is 6.60. The maximum atomic E-state index is 12.1. The van der Waals surface area contributed by atoms with E-state index < -0.39 is 5.54 Å². The standard InChI is InChI=1S/C13H17BrN2O2/c1-18-12(17)13(5-7-15-8-6-13)16-11-4-2-3-10(14)9-11/h2-4,9,15-16H,5-8H2,1H3. The van der Waals surface area contributed by atoms with Gasteiger partial charge in [0.2, 0.25) is 0 Å². The molecule has 0 aromatic heterocycles. The van der Waals surface area contributed by atoms with Crippen molar-refractivity contribution in [2.75, 3.05) is 25.5 Å². The molecule has 18 heavy (non-hydrogen) atoms. The smallest absolute Gasteiger partial charge is 0.331 e. The lowest BCUT2D eigenvalue weighted by Crippen LogP contribution is -2.54. The van der Waals surface area contributed by atoms with E-state index in [0.29, 0.717) is 0 Å². The molecule has 0 unspecified atom stereocenters. The minimum Gasteiger partial charge on any atom is -0.467 e. The van der Waals surface area contributed by atoms with E-state index >= 15 is 0 Å². The number of carbonyl (C=O) groups is 1. The number of esters is 1. The monoisotopic (exact) mass is 312 g/mol. The maximum Gasteiger partial charge on any atom is 0.331 e. The van der Waals surface area contributed by atoms with E-state index in [-0.39, 0.29) is 5.97 Å². The lowest BCUT2D eigenvalue weighted by molar-refractivity contribution is -0.147. The number of anilines is 1. The van der Waals surface area contributed by atoms with E-state index in [9.17, 15) is 4.79 Å². The highest BCUT2D eigenvalue weighted by Crippen LogP contribution is 2.27. The molecule has 5 heteroatoms. The summed E-state index contributed by atoms with van der Waals surface area (Å²) < 4.78 is 5.94. The molecule has 0 saturated carbocycles. The van der Waals surface area contributed by atoms with Gasteiger partial charge in [0, 0.05) is 10.2 Å². The SMILES string of the molecule is COC(=O)C1(Nc2cccc(Br)c2)CCNCC1. The maximum absolute atomic E-state index is 12.1. The summed E-state index contributed by atoms with van der Waals surface area (Å²) in [4.78, 5) is 12.1. The van der Waals surface area contributed by atoms with Crippen molar-refractivity contribution in [1.29, 1.82) is 0 Å². The minimum atomic E-state index is -0.610. The summed E-state index contributed by atoms with van der Waals surface area (Å²) in [7, 11) is 1.44. The van der Waals surface area contributed by atoms with Crippen LogP contribution in [0.25, 0.3) is 0 Å². The molecule has 0 atom stereocenters. The van der Waals surface area contributed by atoms with Crippen LogP contribution in [0.4, 0.5) is 5.69 Å². The van der Waals surface area contributed by atoms with Crippen LogP contribution in [0, 0.1) is 0 Å². The average Bonchev–Trinajstić information content (AvgIpc) is 2.39. The highest BCUT2D eigenvalue weighted by molar-refractivity contribution is 9.10. The molecule has 1 aliphatic heterocycles. The molecule has 0 radical (unpaired) electrons. The Hall–Kier alpha value is -1.07. The van der Waals surface area contributed by atoms with Crippen LogP contribution >= 0.6 is 15.9 Å². The van der Waals surface area contributed by atoms with E-state index in [1.807, 2.05) is 24.3 Å². The van der Waals surface area contributed by atoms with Gasteiger partial charge in [0.1, 0.15) is 5.54 Å². The number of halogens is 1. The number of carbonyl (C=O) groups excluding carboxylic acids is 1. The van der Waals surface area contributed by atoms with Gasteiger partial charge < -0.3 is 15.4 Å². The fourth-order valence-electron chi connectivity index (χ4n) is 2.27. The van der Waals surface area contributed by atoms with Crippen molar-refractivity contribution in [3.63, 3.8) is 0 Å². The number of methoxy groups -OCH3 is 1. The fourth-order valence-corrected chi connectivity index (χ4v) is 2.67. The molecule has 1 saturated heterocycles. The highest BCUT2D eigenvalue weighted by atomic mass is 79.9. The van der Waals surface area contributed by atoms with Gasteiger partial charge in [0.15, 0.2) is 0 Å². The molecule has 1 fully saturated rings. The largest absolute Gasteiger partial charge is 0.467 e. The molecule has 0 aliphatic carbocycles. The topological polar surface area (TPSA) is 50.4 Å². The summed E-state index contributed by atoms with van der Waals surface area (Å²) in [6, 6.07) is 7.82. The molecule has 2 N–H and O–H groups in total. The summed E-state index contributed by atoms with van der Waals surface area (Å²) >= 11 is 3.43. The van der Waals surface area contributed by atoms with Gasteiger partial charge in [0.25, 0.3) is 0 Å². The van der Waals surface area contributed by atoms with Gasteiger partial charge in [-0.25, -0.2) is 4.79 Å². The third-order valence-corrected chi connectivity index (χ3v) is 3.73. The average molecular weight is 313 g/mol. The molecule has 2 rings (SSSR count). The number of hydrogen-bond donors (Lipinski definition) is 2. The van der Waals surface area contributed by atoms with Crippen LogP contribution in [0.3, 0.4) is 0 Å². The van der Waals surface area contributed by atoms with Crippen molar-refractivity contribution in [3.8, 4) is 0 Å². The van der Waals surface area contributed by atoms with Gasteiger partial charge in [-0.05, 0) is 44.1 Å². The van der Waals surface area contributed by atoms with Crippen molar-refractivity contribution < 1.29 is 9.53 Å². The predicted molar refractivity (Wildman–Crippen MR) is 74.6 cm³/mol. The molecular formula is C13H17BrN2O2. The quantitative estimate of drug-likeness (QED) is 0.840. The summed E-state index contributed by atoms with van der Waals surface area (Å²) in [6.45, 7) is 1.63. The summed E-state index contributed by atoms with van der Waals surface area (Å²) in [6.07, 6.45) is 1.46. The second kappa shape index (κ2) is 5.71. The first kappa shape index (κ1) is 13.4. The Balaban J connectivity index is 2.22. The van der Waals surface area contributed by atoms with Gasteiger partial charge in [-0.15, -0.1) is 0 Å². The Labute approximate surface area is 115 Å². The van der Waals surface area contributed by atoms with Crippen molar-refractivity contribution in [2.24, 2.45) is 0 Å². The second-order valence-electron chi connectivity index (χ2n) is 4.46. The second-order valence-corrected chi connectivity index (χ2v) is 5.37. The first-order chi connectivity index (χ1) is 8.66. The lowest BCUT2D eigenvalue weighted by atomic mass is 9.88. The molecule has 1 aromatic carbocycles. The number of piperidine rings is 1. The first-order valence-electron chi connectivity index (χ1n) is 5.99. The normalized spacial score (nSPS) is 18.1. The molecule has 0 spiro atoms. The third-order valence-electron chi connectivity index (χ3n) is 3.24. The van der Waals surface area contributed by atoms with Crippen LogP contribution in [-0.2, 0) is 9.53 Å². The van der Waals surface area contributed by atoms with E-state index in [2.05, 4.69) is 26.6 Å². The van der Waals surface area contributed by atoms with E-state index in [1.54, 1.807) is 0 Å². The number of hydrogen-bond acceptors (Lipinski definition) is 4. The van der Waals surface area contributed by atoms with E-state index in [1.165, 1.54) is 7.11 Å². The number of rotatable bonds is 3. The molecule has 1 heterocycles. The molecule has 1 aliphatic rings. The molecular weight excluding hydrogens is 296 g/mol. The van der Waals surface area contributed by atoms with Crippen LogP contribution < -0.4 is 10.6 Å². The first-order valence-corrected chi connectivity index (χ1v) is 6.78. The van der Waals surface area contributed by atoms with Gasteiger partial charge in [0.05, 0.1) is 7.11 Å². The Kier molecular flexibility index (Phi) is 4.24. The molecule has 4 nitrogen and oxygen atoms in total. The van der Waals surface area contributed by atoms with Gasteiger partial charge in [-0.2, -0.15) is 0 Å². The van der Waals surface area contributed by atoms with Crippen LogP contribution in [-0.4, -0.2) is 31.7 Å². The molecule has 98 valence electrons. The van der Waals surface area contributed by atoms with Crippen LogP contribution in [0.15, 0.2) is 28.7 Å². The molecule has 1 aromatic rings. The Morgan fingerprint density at radius 1 is 1.44 bits per heavy atom. The summed E-state index contributed by atoms with van der Waals surface area (Å²) in [5.74, 6) is -0.191. The lowest BCUT2D eigenvalue weighted by Gasteiger charge is -2.36. The zero-order valence-corrected chi connectivity index (χ0v) is 11.9. The van der Waals surface area contributed by atoms with Crippen molar-refractivity contribution in [1.82, 2.24) is 5.32 Å². The van der Waals surface area contributed by atoms with Crippen molar-refractivity contribution in [3.05, 3.63) is 28.7 Å². The van der Waals surface area contributed by atoms with Crippen molar-refractivity contribution in [2.45, 2.75) is 18.4 Å². The Morgan fingerprint density at radius 3 is 2.78 bits per heavy atom. The Bertz CT molecular complexity index is 431. The number of nitrogens with one attached hydrogen (secondary N) is 2. The zero-order chi connectivity index (χ0) is 13.0. The summed E-state index contributed by atoms with van der Waals surface area (Å²) in [5.41, 5.74) is 0.317. The van der Waals surface area contributed by atoms with Crippen molar-refractivity contribution >= 4 is 27.6 Å². The molecule has 0 bridgehead atoms. The highest BCUT2D eigenvalue weighted by Gasteiger charge is 2.40. The third kappa shape index (κ3) is 2.84. The van der Waals surface area contributed by atoms with Crippen LogP contribution in [0.2, 0.25) is 0 Å². The van der Waals surface area contributed by atoms with E-state index in [0.717, 1.165) is 36.1 Å². The number of benzene rings is 1. The predicted octanol–water partition coefficient (Wildman–Crippen LogP) is 2.16. The Morgan fingerprint density at radius 2 is 2.17 bits per heavy atom.